The van der Waals surface area contributed by atoms with Crippen LogP contribution in [0.15, 0.2) is 48.5 Å². The highest BCUT2D eigenvalue weighted by atomic mass is 19.1. The SMILES string of the molecule is CC(C)[C@H]1[NH2+][C@]2(C(=O)Nc3ccccc32)[C@H]2C(=O)N(Cc3ccc(F)cc3)C(=O)[C@H]12. The maximum absolute atomic E-state index is 13.6. The summed E-state index contributed by atoms with van der Waals surface area (Å²) in [6.07, 6.45) is 0. The van der Waals surface area contributed by atoms with Gasteiger partial charge in [-0.3, -0.25) is 19.3 Å². The monoisotopic (exact) mass is 408 g/mol. The normalized spacial score (nSPS) is 29.7. The van der Waals surface area contributed by atoms with E-state index in [0.717, 1.165) is 5.56 Å². The number of likely N-dealkylation sites (tertiary alicyclic amines) is 1. The van der Waals surface area contributed by atoms with Gasteiger partial charge >= 0.3 is 0 Å². The molecule has 1 spiro atoms. The quantitative estimate of drug-likeness (QED) is 0.753. The van der Waals surface area contributed by atoms with E-state index >= 15 is 0 Å². The van der Waals surface area contributed by atoms with Crippen LogP contribution in [-0.4, -0.2) is 28.7 Å². The predicted octanol–water partition coefficient (Wildman–Crippen LogP) is 1.38. The summed E-state index contributed by atoms with van der Waals surface area (Å²) in [6, 6.07) is 13.0. The number of para-hydroxylation sites is 1. The summed E-state index contributed by atoms with van der Waals surface area (Å²) < 4.78 is 13.3. The summed E-state index contributed by atoms with van der Waals surface area (Å²) in [7, 11) is 0. The minimum absolute atomic E-state index is 0.0785. The largest absolute Gasteiger partial charge is 0.326 e. The Morgan fingerprint density at radius 2 is 1.77 bits per heavy atom. The molecular formula is C23H23FN3O3+. The van der Waals surface area contributed by atoms with Crippen molar-refractivity contribution >= 4 is 23.4 Å². The topological polar surface area (TPSA) is 83.1 Å². The van der Waals surface area contributed by atoms with Gasteiger partial charge in [0.05, 0.1) is 12.2 Å². The number of quaternary nitrogens is 1. The lowest BCUT2D eigenvalue weighted by molar-refractivity contribution is -0.738. The number of carbonyl (C=O) groups is 3. The molecule has 154 valence electrons. The Hall–Kier alpha value is -3.06. The fourth-order valence-corrected chi connectivity index (χ4v) is 5.44. The van der Waals surface area contributed by atoms with Crippen LogP contribution in [0.25, 0.3) is 0 Å². The van der Waals surface area contributed by atoms with Crippen LogP contribution in [0.2, 0.25) is 0 Å². The molecule has 6 nitrogen and oxygen atoms in total. The van der Waals surface area contributed by atoms with Gasteiger partial charge in [0.15, 0.2) is 0 Å². The highest BCUT2D eigenvalue weighted by Crippen LogP contribution is 2.50. The molecule has 30 heavy (non-hydrogen) atoms. The number of nitrogens with two attached hydrogens (primary N) is 1. The van der Waals surface area contributed by atoms with Crippen LogP contribution in [0.1, 0.15) is 25.0 Å². The number of benzene rings is 2. The molecule has 0 aromatic heterocycles. The first-order chi connectivity index (χ1) is 14.3. The van der Waals surface area contributed by atoms with Crippen molar-refractivity contribution in [1.82, 2.24) is 4.90 Å². The van der Waals surface area contributed by atoms with Crippen LogP contribution >= 0.6 is 0 Å². The molecule has 3 aliphatic rings. The third-order valence-corrected chi connectivity index (χ3v) is 6.82. The zero-order chi connectivity index (χ0) is 21.2. The smallest absolute Gasteiger partial charge is 0.291 e. The summed E-state index contributed by atoms with van der Waals surface area (Å²) >= 11 is 0. The van der Waals surface area contributed by atoms with Gasteiger partial charge < -0.3 is 10.6 Å². The van der Waals surface area contributed by atoms with Crippen LogP contribution in [0.4, 0.5) is 10.1 Å². The highest BCUT2D eigenvalue weighted by Gasteiger charge is 2.74. The Morgan fingerprint density at radius 1 is 1.07 bits per heavy atom. The molecule has 3 amide bonds. The Balaban J connectivity index is 1.59. The lowest BCUT2D eigenvalue weighted by atomic mass is 9.76. The molecule has 5 rings (SSSR count). The van der Waals surface area contributed by atoms with E-state index < -0.39 is 17.4 Å². The Labute approximate surface area is 173 Å². The van der Waals surface area contributed by atoms with Gasteiger partial charge in [0.2, 0.25) is 17.4 Å². The second kappa shape index (κ2) is 6.47. The van der Waals surface area contributed by atoms with Gasteiger partial charge in [0.25, 0.3) is 5.91 Å². The second-order valence-electron chi connectivity index (χ2n) is 8.75. The van der Waals surface area contributed by atoms with Crippen molar-refractivity contribution in [2.75, 3.05) is 5.32 Å². The molecule has 3 N–H and O–H groups in total. The van der Waals surface area contributed by atoms with Gasteiger partial charge in [-0.25, -0.2) is 4.39 Å². The highest BCUT2D eigenvalue weighted by molar-refractivity contribution is 6.13. The second-order valence-corrected chi connectivity index (χ2v) is 8.75. The minimum Gasteiger partial charge on any atom is -0.326 e. The number of nitrogens with zero attached hydrogens (tertiary/aromatic N) is 1. The summed E-state index contributed by atoms with van der Waals surface area (Å²) in [4.78, 5) is 41.5. The fraction of sp³-hybridized carbons (Fsp3) is 0.348. The summed E-state index contributed by atoms with van der Waals surface area (Å²) in [6.45, 7) is 4.10. The molecule has 3 aliphatic heterocycles. The number of fused-ring (bicyclic) bond motifs is 4. The fourth-order valence-electron chi connectivity index (χ4n) is 5.44. The number of hydrogen-bond acceptors (Lipinski definition) is 3. The standard InChI is InChI=1S/C23H22FN3O3/c1-12(2)19-17-18(23(26-19)15-5-3-4-6-16(15)25-22(23)30)21(29)27(20(17)28)11-13-7-9-14(24)10-8-13/h3-10,12,17-19,26H,11H2,1-2H3,(H,25,30)/p+1/t17-,18+,19+,23-/m0/s1. The summed E-state index contributed by atoms with van der Waals surface area (Å²) in [5.41, 5.74) is 0.992. The van der Waals surface area contributed by atoms with Crippen molar-refractivity contribution in [3.8, 4) is 0 Å². The predicted molar refractivity (Wildman–Crippen MR) is 106 cm³/mol. The number of imide groups is 1. The Bertz CT molecular complexity index is 1070. The van der Waals surface area contributed by atoms with Crippen molar-refractivity contribution in [3.05, 3.63) is 65.5 Å². The third kappa shape index (κ3) is 2.41. The van der Waals surface area contributed by atoms with Gasteiger partial charge in [0, 0.05) is 11.5 Å². The van der Waals surface area contributed by atoms with Gasteiger partial charge in [-0.1, -0.05) is 44.2 Å². The van der Waals surface area contributed by atoms with E-state index in [1.54, 1.807) is 12.1 Å². The van der Waals surface area contributed by atoms with Crippen LogP contribution in [0.5, 0.6) is 0 Å². The number of anilines is 1. The number of amides is 3. The van der Waals surface area contributed by atoms with E-state index in [9.17, 15) is 18.8 Å². The van der Waals surface area contributed by atoms with Gasteiger partial charge in [-0.2, -0.15) is 0 Å². The van der Waals surface area contributed by atoms with Crippen molar-refractivity contribution in [2.24, 2.45) is 17.8 Å². The van der Waals surface area contributed by atoms with Gasteiger partial charge in [0.1, 0.15) is 23.7 Å². The van der Waals surface area contributed by atoms with Crippen molar-refractivity contribution in [2.45, 2.75) is 32.0 Å². The first-order valence-corrected chi connectivity index (χ1v) is 10.2. The zero-order valence-electron chi connectivity index (χ0n) is 16.8. The lowest BCUT2D eigenvalue weighted by Gasteiger charge is -2.27. The van der Waals surface area contributed by atoms with Gasteiger partial charge in [-0.05, 0) is 23.8 Å². The lowest BCUT2D eigenvalue weighted by Crippen LogP contribution is -2.99. The number of hydrogen-bond donors (Lipinski definition) is 2. The molecule has 4 atom stereocenters. The van der Waals surface area contributed by atoms with Crippen LogP contribution in [0, 0.1) is 23.6 Å². The molecule has 3 heterocycles. The molecule has 2 fully saturated rings. The minimum atomic E-state index is -1.14. The number of carbonyl (C=O) groups excluding carboxylic acids is 3. The van der Waals surface area contributed by atoms with E-state index in [1.807, 2.05) is 43.4 Å². The summed E-state index contributed by atoms with van der Waals surface area (Å²) in [5.74, 6) is -2.44. The number of rotatable bonds is 3. The van der Waals surface area contributed by atoms with E-state index in [0.29, 0.717) is 11.3 Å². The number of nitrogens with one attached hydrogen (secondary N) is 1. The van der Waals surface area contributed by atoms with Crippen LogP contribution in [-0.2, 0) is 26.5 Å². The zero-order valence-corrected chi connectivity index (χ0v) is 16.8. The van der Waals surface area contributed by atoms with Crippen molar-refractivity contribution < 1.29 is 24.1 Å². The third-order valence-electron chi connectivity index (χ3n) is 6.82. The van der Waals surface area contributed by atoms with Crippen molar-refractivity contribution in [3.63, 3.8) is 0 Å². The molecule has 0 aliphatic carbocycles. The van der Waals surface area contributed by atoms with E-state index in [2.05, 4.69) is 5.32 Å². The Morgan fingerprint density at radius 3 is 2.47 bits per heavy atom. The molecular weight excluding hydrogens is 385 g/mol. The molecule has 7 heteroatoms. The van der Waals surface area contributed by atoms with Gasteiger partial charge in [-0.15, -0.1) is 0 Å². The maximum Gasteiger partial charge on any atom is 0.291 e. The van der Waals surface area contributed by atoms with Crippen LogP contribution in [0.3, 0.4) is 0 Å². The molecule has 2 aromatic rings. The number of halogens is 1. The van der Waals surface area contributed by atoms with E-state index in [4.69, 9.17) is 0 Å². The first kappa shape index (κ1) is 18.9. The van der Waals surface area contributed by atoms with Crippen LogP contribution < -0.4 is 10.6 Å². The molecule has 0 saturated carbocycles. The van der Waals surface area contributed by atoms with E-state index in [1.165, 1.54) is 17.0 Å². The Kier molecular flexibility index (Phi) is 4.08. The summed E-state index contributed by atoms with van der Waals surface area (Å²) in [5, 5.41) is 4.86. The molecule has 0 bridgehead atoms. The molecule has 0 radical (unpaired) electrons. The molecule has 2 aromatic carbocycles. The maximum atomic E-state index is 13.6. The average Bonchev–Trinajstić information content (AvgIpc) is 3.31. The van der Waals surface area contributed by atoms with E-state index in [-0.39, 0.29) is 42.0 Å². The molecule has 2 saturated heterocycles. The average molecular weight is 408 g/mol. The van der Waals surface area contributed by atoms with Crippen molar-refractivity contribution in [1.29, 1.82) is 0 Å². The molecule has 0 unspecified atom stereocenters. The first-order valence-electron chi connectivity index (χ1n) is 10.2.